The minimum absolute atomic E-state index is 0.122. The average molecular weight is 269 g/mol. The molecule has 0 aromatic carbocycles. The van der Waals surface area contributed by atoms with Gasteiger partial charge in [-0.1, -0.05) is 13.3 Å². The van der Waals surface area contributed by atoms with E-state index in [1.54, 1.807) is 0 Å². The lowest BCUT2D eigenvalue weighted by Crippen LogP contribution is -2.44. The van der Waals surface area contributed by atoms with Crippen LogP contribution in [0.4, 0.5) is 0 Å². The van der Waals surface area contributed by atoms with Gasteiger partial charge in [0.1, 0.15) is 12.6 Å². The molecule has 19 heavy (non-hydrogen) atoms. The first-order valence-electron chi connectivity index (χ1n) is 6.37. The smallest absolute Gasteiger partial charge is 0.329 e. The number of amides is 2. The summed E-state index contributed by atoms with van der Waals surface area (Å²) in [5.41, 5.74) is 0. The molecule has 0 saturated carbocycles. The van der Waals surface area contributed by atoms with Gasteiger partial charge in [-0.25, -0.2) is 4.79 Å². The molecule has 0 N–H and O–H groups in total. The summed E-state index contributed by atoms with van der Waals surface area (Å²) in [7, 11) is 0. The Balaban J connectivity index is 2.26. The number of ether oxygens (including phenoxy) is 2. The molecule has 0 saturated heterocycles. The first-order valence-corrected chi connectivity index (χ1v) is 6.37. The van der Waals surface area contributed by atoms with Crippen LogP contribution < -0.4 is 0 Å². The Morgan fingerprint density at radius 2 is 1.84 bits per heavy atom. The highest BCUT2D eigenvalue weighted by Crippen LogP contribution is 2.10. The van der Waals surface area contributed by atoms with Crippen LogP contribution >= 0.6 is 0 Å². The van der Waals surface area contributed by atoms with E-state index in [1.807, 2.05) is 0 Å². The molecule has 6 nitrogen and oxygen atoms in total. The highest BCUT2D eigenvalue weighted by molar-refractivity contribution is 6.14. The lowest BCUT2D eigenvalue weighted by Gasteiger charge is -2.20. The third kappa shape index (κ3) is 4.48. The van der Waals surface area contributed by atoms with Crippen molar-refractivity contribution in [1.29, 1.82) is 0 Å². The van der Waals surface area contributed by atoms with E-state index in [0.717, 1.165) is 29.9 Å². The van der Waals surface area contributed by atoms with Crippen LogP contribution in [0.2, 0.25) is 0 Å². The van der Waals surface area contributed by atoms with E-state index in [0.29, 0.717) is 13.2 Å². The number of carbonyl (C=O) groups excluding carboxylic acids is 3. The Labute approximate surface area is 112 Å². The van der Waals surface area contributed by atoms with Gasteiger partial charge in [0, 0.05) is 18.8 Å². The van der Waals surface area contributed by atoms with Crippen molar-refractivity contribution >= 4 is 17.8 Å². The zero-order chi connectivity index (χ0) is 14.3. The normalized spacial score (nSPS) is 16.0. The lowest BCUT2D eigenvalue weighted by molar-refractivity contribution is -0.157. The number of unbranched alkanes of at least 4 members (excludes halogenated alkanes) is 1. The van der Waals surface area contributed by atoms with Crippen LogP contribution in [0.15, 0.2) is 12.2 Å². The maximum absolute atomic E-state index is 11.7. The van der Waals surface area contributed by atoms with Gasteiger partial charge in [-0.15, -0.1) is 0 Å². The molecular formula is C13H19NO5. The number of hydrogen-bond acceptors (Lipinski definition) is 5. The Morgan fingerprint density at radius 1 is 1.21 bits per heavy atom. The summed E-state index contributed by atoms with van der Waals surface area (Å²) in [6.07, 6.45) is 4.29. The molecule has 106 valence electrons. The number of rotatable bonds is 8. The molecule has 0 aromatic heterocycles. The van der Waals surface area contributed by atoms with Crippen molar-refractivity contribution in [3.63, 3.8) is 0 Å². The molecule has 6 heteroatoms. The van der Waals surface area contributed by atoms with E-state index in [9.17, 15) is 14.4 Å². The first-order chi connectivity index (χ1) is 9.07. The average Bonchev–Trinajstić information content (AvgIpc) is 2.72. The van der Waals surface area contributed by atoms with Crippen LogP contribution in [0.1, 0.15) is 26.7 Å². The Kier molecular flexibility index (Phi) is 6.21. The maximum atomic E-state index is 11.7. The van der Waals surface area contributed by atoms with Gasteiger partial charge in [0.2, 0.25) is 0 Å². The molecule has 1 aliphatic heterocycles. The Morgan fingerprint density at radius 3 is 2.42 bits per heavy atom. The van der Waals surface area contributed by atoms with Gasteiger partial charge in [-0.3, -0.25) is 14.5 Å². The summed E-state index contributed by atoms with van der Waals surface area (Å²) < 4.78 is 10.2. The van der Waals surface area contributed by atoms with Gasteiger partial charge in [0.25, 0.3) is 11.8 Å². The molecule has 0 aromatic rings. The Hall–Kier alpha value is -1.69. The van der Waals surface area contributed by atoms with E-state index < -0.39 is 23.8 Å². The van der Waals surface area contributed by atoms with Gasteiger partial charge in [-0.05, 0) is 13.3 Å². The van der Waals surface area contributed by atoms with Gasteiger partial charge < -0.3 is 9.47 Å². The highest BCUT2D eigenvalue weighted by atomic mass is 16.6. The second-order valence-electron chi connectivity index (χ2n) is 4.19. The lowest BCUT2D eigenvalue weighted by atomic mass is 10.3. The minimum Gasteiger partial charge on any atom is -0.462 e. The molecule has 1 aliphatic rings. The quantitative estimate of drug-likeness (QED) is 0.368. The van der Waals surface area contributed by atoms with E-state index in [2.05, 4.69) is 6.92 Å². The Bertz CT molecular complexity index is 359. The molecule has 0 spiro atoms. The fraction of sp³-hybridized carbons (Fsp3) is 0.615. The number of imide groups is 1. The largest absolute Gasteiger partial charge is 0.462 e. The fourth-order valence-electron chi connectivity index (χ4n) is 1.57. The van der Waals surface area contributed by atoms with Crippen LogP contribution in [0, 0.1) is 0 Å². The molecule has 1 heterocycles. The molecular weight excluding hydrogens is 250 g/mol. The van der Waals surface area contributed by atoms with Crippen molar-refractivity contribution in [2.75, 3.05) is 19.8 Å². The van der Waals surface area contributed by atoms with Crippen LogP contribution in [-0.2, 0) is 23.9 Å². The van der Waals surface area contributed by atoms with Crippen LogP contribution in [0.3, 0.4) is 0 Å². The number of esters is 1. The van der Waals surface area contributed by atoms with Crippen molar-refractivity contribution in [1.82, 2.24) is 4.90 Å². The van der Waals surface area contributed by atoms with E-state index >= 15 is 0 Å². The van der Waals surface area contributed by atoms with Crippen LogP contribution in [-0.4, -0.2) is 48.5 Å². The van der Waals surface area contributed by atoms with Crippen molar-refractivity contribution in [3.8, 4) is 0 Å². The molecule has 1 unspecified atom stereocenters. The van der Waals surface area contributed by atoms with E-state index in [4.69, 9.17) is 9.47 Å². The summed E-state index contributed by atoms with van der Waals surface area (Å²) >= 11 is 0. The SMILES string of the molecule is CCCCOCCOC(=O)C(C)N1C(=O)C=CC1=O. The number of hydrogen-bond donors (Lipinski definition) is 0. The summed E-state index contributed by atoms with van der Waals surface area (Å²) in [6.45, 7) is 4.60. The van der Waals surface area contributed by atoms with Crippen LogP contribution in [0.5, 0.6) is 0 Å². The van der Waals surface area contributed by atoms with Gasteiger partial charge >= 0.3 is 5.97 Å². The van der Waals surface area contributed by atoms with Gasteiger partial charge in [-0.2, -0.15) is 0 Å². The third-order valence-electron chi connectivity index (χ3n) is 2.69. The van der Waals surface area contributed by atoms with Crippen molar-refractivity contribution < 1.29 is 23.9 Å². The maximum Gasteiger partial charge on any atom is 0.329 e. The van der Waals surface area contributed by atoms with Crippen molar-refractivity contribution in [3.05, 3.63) is 12.2 Å². The van der Waals surface area contributed by atoms with Crippen LogP contribution in [0.25, 0.3) is 0 Å². The summed E-state index contributed by atoms with van der Waals surface area (Å²) in [5, 5.41) is 0. The highest BCUT2D eigenvalue weighted by Gasteiger charge is 2.33. The van der Waals surface area contributed by atoms with E-state index in [-0.39, 0.29) is 6.61 Å². The predicted molar refractivity (Wildman–Crippen MR) is 67.1 cm³/mol. The molecule has 1 atom stereocenters. The molecule has 0 radical (unpaired) electrons. The minimum atomic E-state index is -0.911. The third-order valence-corrected chi connectivity index (χ3v) is 2.69. The second-order valence-corrected chi connectivity index (χ2v) is 4.19. The topological polar surface area (TPSA) is 72.9 Å². The van der Waals surface area contributed by atoms with Gasteiger partial charge in [0.15, 0.2) is 0 Å². The van der Waals surface area contributed by atoms with Gasteiger partial charge in [0.05, 0.1) is 6.61 Å². The standard InChI is InChI=1S/C13H19NO5/c1-3-4-7-18-8-9-19-13(17)10(2)14-11(15)5-6-12(14)16/h5-6,10H,3-4,7-9H2,1-2H3. The molecule has 0 aliphatic carbocycles. The summed E-state index contributed by atoms with van der Waals surface area (Å²) in [4.78, 5) is 35.3. The zero-order valence-electron chi connectivity index (χ0n) is 11.3. The van der Waals surface area contributed by atoms with Crippen molar-refractivity contribution in [2.45, 2.75) is 32.7 Å². The molecule has 0 bridgehead atoms. The zero-order valence-corrected chi connectivity index (χ0v) is 11.3. The summed E-state index contributed by atoms with van der Waals surface area (Å²) in [5.74, 6) is -1.59. The first kappa shape index (κ1) is 15.4. The molecule has 2 amide bonds. The predicted octanol–water partition coefficient (Wildman–Crippen LogP) is 0.660. The van der Waals surface area contributed by atoms with E-state index in [1.165, 1.54) is 6.92 Å². The molecule has 1 rings (SSSR count). The number of nitrogens with zero attached hydrogens (tertiary/aromatic N) is 1. The fourth-order valence-corrected chi connectivity index (χ4v) is 1.57. The second kappa shape index (κ2) is 7.68. The number of carbonyl (C=O) groups is 3. The van der Waals surface area contributed by atoms with Crippen molar-refractivity contribution in [2.24, 2.45) is 0 Å². The summed E-state index contributed by atoms with van der Waals surface area (Å²) in [6, 6.07) is -0.911. The molecule has 0 fully saturated rings. The monoisotopic (exact) mass is 269 g/mol.